The zero-order valence-electron chi connectivity index (χ0n) is 3.49. The summed E-state index contributed by atoms with van der Waals surface area (Å²) in [6.45, 7) is 0. The zero-order valence-corrected chi connectivity index (χ0v) is 8.81. The van der Waals surface area contributed by atoms with Gasteiger partial charge in [-0.25, -0.2) is 0 Å². The average molecular weight is 324 g/mol. The fourth-order valence-electron chi connectivity index (χ4n) is 0.241. The number of hydrogen-bond acceptors (Lipinski definition) is 2. The quantitative estimate of drug-likeness (QED) is 0.668. The molecule has 0 amide bonds. The summed E-state index contributed by atoms with van der Waals surface area (Å²) in [6, 6.07) is 0. The minimum absolute atomic E-state index is 0.586. The van der Waals surface area contributed by atoms with Gasteiger partial charge in [-0.2, -0.15) is 4.37 Å². The lowest BCUT2D eigenvalue weighted by molar-refractivity contribution is 1.55. The molecule has 1 aromatic heterocycles. The van der Waals surface area contributed by atoms with Crippen LogP contribution < -0.4 is 0 Å². The Morgan fingerprint density at radius 3 is 2.50 bits per heavy atom. The van der Waals surface area contributed by atoms with Gasteiger partial charge in [-0.05, 0) is 50.1 Å². The Hall–Kier alpha value is 1.13. The molecule has 0 aliphatic carbocycles. The Balaban J connectivity index is 3.19. The first-order chi connectivity index (χ1) is 3.72. The fraction of sp³-hybridized carbons (Fsp3) is 0. The lowest BCUT2D eigenvalue weighted by Gasteiger charge is -1.77. The van der Waals surface area contributed by atoms with E-state index in [4.69, 9.17) is 11.6 Å². The molecule has 0 aliphatic rings. The highest BCUT2D eigenvalue weighted by Gasteiger charge is 2.03. The first kappa shape index (κ1) is 7.24. The molecule has 1 rings (SSSR count). The highest BCUT2D eigenvalue weighted by molar-refractivity contribution is 14.1. The van der Waals surface area contributed by atoms with Gasteiger partial charge in [0, 0.05) is 0 Å². The van der Waals surface area contributed by atoms with Crippen LogP contribution in [-0.4, -0.2) is 4.37 Å². The van der Waals surface area contributed by atoms with Crippen molar-refractivity contribution in [2.24, 2.45) is 0 Å². The lowest BCUT2D eigenvalue weighted by atomic mass is 10.8. The molecule has 0 spiro atoms. The van der Waals surface area contributed by atoms with Crippen molar-refractivity contribution in [3.8, 4) is 0 Å². The van der Waals surface area contributed by atoms with Crippen LogP contribution in [0.1, 0.15) is 0 Å². The van der Waals surface area contributed by atoms with E-state index in [-0.39, 0.29) is 0 Å². The van der Waals surface area contributed by atoms with E-state index in [0.717, 1.165) is 7.36 Å². The Morgan fingerprint density at radius 1 is 1.75 bits per heavy atom. The monoisotopic (exact) mass is 323 g/mol. The van der Waals surface area contributed by atoms with Gasteiger partial charge < -0.3 is 0 Å². The van der Waals surface area contributed by atoms with Gasteiger partial charge in [-0.3, -0.25) is 0 Å². The SMILES string of the molecule is Clc1nsc(Br)c1I. The van der Waals surface area contributed by atoms with Crippen molar-refractivity contribution in [3.63, 3.8) is 0 Å². The van der Waals surface area contributed by atoms with Crippen LogP contribution in [-0.2, 0) is 0 Å². The second-order valence-electron chi connectivity index (χ2n) is 1.06. The summed E-state index contributed by atoms with van der Waals surface area (Å²) in [6.07, 6.45) is 0. The molecule has 8 heavy (non-hydrogen) atoms. The van der Waals surface area contributed by atoms with Crippen molar-refractivity contribution in [1.82, 2.24) is 4.37 Å². The smallest absolute Gasteiger partial charge is 0.157 e. The molecular weight excluding hydrogens is 324 g/mol. The van der Waals surface area contributed by atoms with Crippen LogP contribution in [0.15, 0.2) is 3.79 Å². The second kappa shape index (κ2) is 2.81. The van der Waals surface area contributed by atoms with E-state index in [9.17, 15) is 0 Å². The largest absolute Gasteiger partial charge is 0.179 e. The maximum Gasteiger partial charge on any atom is 0.157 e. The topological polar surface area (TPSA) is 12.9 Å². The molecule has 5 heteroatoms. The van der Waals surface area contributed by atoms with Crippen LogP contribution in [0.3, 0.4) is 0 Å². The molecule has 0 saturated heterocycles. The normalized spacial score (nSPS) is 9.88. The number of halogens is 3. The highest BCUT2D eigenvalue weighted by atomic mass is 127. The highest BCUT2D eigenvalue weighted by Crippen LogP contribution is 2.29. The summed E-state index contributed by atoms with van der Waals surface area (Å²) in [5.41, 5.74) is 0. The third-order valence-corrected chi connectivity index (χ3v) is 4.88. The summed E-state index contributed by atoms with van der Waals surface area (Å²) < 4.78 is 5.87. The van der Waals surface area contributed by atoms with E-state index in [1.165, 1.54) is 11.5 Å². The molecule has 0 bridgehead atoms. The number of rotatable bonds is 0. The van der Waals surface area contributed by atoms with Gasteiger partial charge in [-0.1, -0.05) is 11.6 Å². The van der Waals surface area contributed by atoms with Gasteiger partial charge in [-0.15, -0.1) is 0 Å². The first-order valence-electron chi connectivity index (χ1n) is 1.68. The molecule has 0 N–H and O–H groups in total. The Bertz CT molecular complexity index is 182. The number of nitrogens with zero attached hydrogens (tertiary/aromatic N) is 1. The fourth-order valence-corrected chi connectivity index (χ4v) is 2.02. The Labute approximate surface area is 77.9 Å². The van der Waals surface area contributed by atoms with E-state index >= 15 is 0 Å². The Morgan fingerprint density at radius 2 is 2.38 bits per heavy atom. The van der Waals surface area contributed by atoms with Crippen LogP contribution in [0, 0.1) is 3.57 Å². The third-order valence-electron chi connectivity index (χ3n) is 0.560. The van der Waals surface area contributed by atoms with Crippen LogP contribution in [0.2, 0.25) is 5.15 Å². The molecule has 0 saturated carbocycles. The maximum atomic E-state index is 5.59. The van der Waals surface area contributed by atoms with Crippen molar-refractivity contribution in [3.05, 3.63) is 12.5 Å². The summed E-state index contributed by atoms with van der Waals surface area (Å²) >= 11 is 12.4. The van der Waals surface area contributed by atoms with Crippen molar-refractivity contribution in [1.29, 1.82) is 0 Å². The minimum atomic E-state index is 0.586. The average Bonchev–Trinajstić information content (AvgIpc) is 1.98. The third kappa shape index (κ3) is 1.34. The molecule has 1 heterocycles. The zero-order chi connectivity index (χ0) is 6.15. The molecule has 0 unspecified atom stereocenters. The van der Waals surface area contributed by atoms with Gasteiger partial charge in [0.1, 0.15) is 3.79 Å². The molecule has 0 aliphatic heterocycles. The van der Waals surface area contributed by atoms with Crippen LogP contribution >= 0.6 is 61.7 Å². The van der Waals surface area contributed by atoms with E-state index in [2.05, 4.69) is 42.9 Å². The number of hydrogen-bond donors (Lipinski definition) is 0. The molecular formula is C3BrClINS. The van der Waals surface area contributed by atoms with E-state index in [0.29, 0.717) is 5.15 Å². The van der Waals surface area contributed by atoms with Crippen molar-refractivity contribution >= 4 is 61.7 Å². The van der Waals surface area contributed by atoms with Crippen molar-refractivity contribution < 1.29 is 0 Å². The summed E-state index contributed by atoms with van der Waals surface area (Å²) in [7, 11) is 0. The van der Waals surface area contributed by atoms with E-state index in [1.807, 2.05) is 0 Å². The molecule has 0 aromatic carbocycles. The molecule has 1 nitrogen and oxygen atoms in total. The van der Waals surface area contributed by atoms with Crippen LogP contribution in [0.25, 0.3) is 0 Å². The van der Waals surface area contributed by atoms with Gasteiger partial charge >= 0.3 is 0 Å². The van der Waals surface area contributed by atoms with E-state index < -0.39 is 0 Å². The molecule has 0 fully saturated rings. The molecule has 0 atom stereocenters. The van der Waals surface area contributed by atoms with Crippen LogP contribution in [0.5, 0.6) is 0 Å². The van der Waals surface area contributed by atoms with E-state index in [1.54, 1.807) is 0 Å². The predicted molar refractivity (Wildman–Crippen MR) is 47.5 cm³/mol. The predicted octanol–water partition coefficient (Wildman–Crippen LogP) is 3.16. The van der Waals surface area contributed by atoms with Crippen LogP contribution in [0.4, 0.5) is 0 Å². The van der Waals surface area contributed by atoms with Gasteiger partial charge in [0.25, 0.3) is 0 Å². The molecule has 0 radical (unpaired) electrons. The summed E-state index contributed by atoms with van der Waals surface area (Å²) in [5.74, 6) is 0. The minimum Gasteiger partial charge on any atom is -0.179 e. The lowest BCUT2D eigenvalue weighted by Crippen LogP contribution is -1.61. The molecule has 1 aromatic rings. The standard InChI is InChI=1S/C3BrClINS/c4-2-1(6)3(5)7-8-2. The first-order valence-corrected chi connectivity index (χ1v) is 4.70. The van der Waals surface area contributed by atoms with Gasteiger partial charge in [0.15, 0.2) is 5.15 Å². The van der Waals surface area contributed by atoms with Crippen molar-refractivity contribution in [2.45, 2.75) is 0 Å². The Kier molecular flexibility index (Phi) is 2.54. The number of aromatic nitrogens is 1. The molecule has 44 valence electrons. The maximum absolute atomic E-state index is 5.59. The summed E-state index contributed by atoms with van der Waals surface area (Å²) in [5, 5.41) is 0.586. The summed E-state index contributed by atoms with van der Waals surface area (Å²) in [4.78, 5) is 0. The van der Waals surface area contributed by atoms with Gasteiger partial charge in [0.05, 0.1) is 3.57 Å². The van der Waals surface area contributed by atoms with Crippen molar-refractivity contribution in [2.75, 3.05) is 0 Å². The second-order valence-corrected chi connectivity index (χ2v) is 4.59. The van der Waals surface area contributed by atoms with Gasteiger partial charge in [0.2, 0.25) is 0 Å².